The molecule has 0 atom stereocenters. The van der Waals surface area contributed by atoms with Gasteiger partial charge in [0.1, 0.15) is 15.6 Å². The van der Waals surface area contributed by atoms with Crippen LogP contribution < -0.4 is 10.0 Å². The van der Waals surface area contributed by atoms with E-state index in [1.165, 1.54) is 6.92 Å². The van der Waals surface area contributed by atoms with E-state index in [1.54, 1.807) is 43.3 Å². The summed E-state index contributed by atoms with van der Waals surface area (Å²) < 4.78 is 33.4. The van der Waals surface area contributed by atoms with Gasteiger partial charge in [-0.1, -0.05) is 11.2 Å². The van der Waals surface area contributed by atoms with E-state index < -0.39 is 10.0 Å². The third-order valence-corrected chi connectivity index (χ3v) is 6.85. The fraction of sp³-hybridized carbons (Fsp3) is 0.200. The van der Waals surface area contributed by atoms with Gasteiger partial charge in [-0.3, -0.25) is 9.52 Å². The summed E-state index contributed by atoms with van der Waals surface area (Å²) >= 11 is 1.13. The number of amides is 1. The van der Waals surface area contributed by atoms with Crippen LogP contribution >= 0.6 is 11.3 Å². The minimum Gasteiger partial charge on any atom is -0.354 e. The molecule has 0 spiro atoms. The van der Waals surface area contributed by atoms with E-state index in [-0.39, 0.29) is 10.1 Å². The van der Waals surface area contributed by atoms with Crippen molar-refractivity contribution in [2.24, 2.45) is 0 Å². The highest BCUT2D eigenvalue weighted by Gasteiger charge is 2.17. The minimum atomic E-state index is -3.69. The number of nitrogens with one attached hydrogen (secondary N) is 2. The van der Waals surface area contributed by atoms with E-state index in [2.05, 4.69) is 15.2 Å². The maximum absolute atomic E-state index is 12.7. The first kappa shape index (κ1) is 20.8. The number of sulfonamides is 1. The summed E-state index contributed by atoms with van der Waals surface area (Å²) in [5.74, 6) is 0.164. The molecule has 0 saturated heterocycles. The molecule has 2 aromatic heterocycles. The molecule has 152 valence electrons. The third kappa shape index (κ3) is 5.12. The number of anilines is 2. The number of carbonyl (C=O) groups excluding carboxylic acids is 1. The van der Waals surface area contributed by atoms with Gasteiger partial charge in [0, 0.05) is 17.5 Å². The maximum atomic E-state index is 12.7. The average Bonchev–Trinajstić information content (AvgIpc) is 3.20. The van der Waals surface area contributed by atoms with Gasteiger partial charge in [-0.05, 0) is 68.3 Å². The molecule has 0 unspecified atom stereocenters. The standard InChI is InChI=1S/C20H21N3O4S2/c1-12-9-13(2)11-16(10-12)23-29(25,26)19-8-6-17(28-19)5-7-18-20(21-15(4)24)14(3)22-27-18/h5-11,23H,1-4H3,(H,21,24)/b7-5+. The Morgan fingerprint density at radius 1 is 1.10 bits per heavy atom. The Bertz CT molecular complexity index is 1170. The van der Waals surface area contributed by atoms with Gasteiger partial charge in [-0.25, -0.2) is 8.42 Å². The Morgan fingerprint density at radius 3 is 2.45 bits per heavy atom. The molecule has 3 aromatic rings. The van der Waals surface area contributed by atoms with E-state index >= 15 is 0 Å². The molecule has 7 nitrogen and oxygen atoms in total. The van der Waals surface area contributed by atoms with Gasteiger partial charge in [-0.15, -0.1) is 11.3 Å². The van der Waals surface area contributed by atoms with E-state index in [4.69, 9.17) is 4.52 Å². The summed E-state index contributed by atoms with van der Waals surface area (Å²) in [6.07, 6.45) is 3.36. The maximum Gasteiger partial charge on any atom is 0.271 e. The normalized spacial score (nSPS) is 11.7. The molecule has 9 heteroatoms. The van der Waals surface area contributed by atoms with E-state index in [1.807, 2.05) is 19.9 Å². The van der Waals surface area contributed by atoms with Crippen molar-refractivity contribution in [3.63, 3.8) is 0 Å². The first-order chi connectivity index (χ1) is 13.6. The molecule has 29 heavy (non-hydrogen) atoms. The highest BCUT2D eigenvalue weighted by atomic mass is 32.2. The van der Waals surface area contributed by atoms with Gasteiger partial charge in [0.25, 0.3) is 10.0 Å². The third-order valence-electron chi connectivity index (χ3n) is 3.93. The van der Waals surface area contributed by atoms with Crippen LogP contribution in [0.5, 0.6) is 0 Å². The fourth-order valence-electron chi connectivity index (χ4n) is 2.79. The second kappa shape index (κ2) is 8.22. The number of aromatic nitrogens is 1. The van der Waals surface area contributed by atoms with Gasteiger partial charge in [0.05, 0.1) is 0 Å². The Kier molecular flexibility index (Phi) is 5.90. The largest absolute Gasteiger partial charge is 0.354 e. The van der Waals surface area contributed by atoms with Gasteiger partial charge >= 0.3 is 0 Å². The SMILES string of the molecule is CC(=O)Nc1c(C)noc1/C=C/c1ccc(S(=O)(=O)Nc2cc(C)cc(C)c2)s1. The molecule has 0 bridgehead atoms. The molecular weight excluding hydrogens is 410 g/mol. The van der Waals surface area contributed by atoms with Crippen molar-refractivity contribution < 1.29 is 17.7 Å². The molecule has 0 aliphatic heterocycles. The lowest BCUT2D eigenvalue weighted by Gasteiger charge is -2.08. The van der Waals surface area contributed by atoms with Crippen LogP contribution in [0, 0.1) is 20.8 Å². The summed E-state index contributed by atoms with van der Waals surface area (Å²) in [5.41, 5.74) is 3.55. The molecule has 2 N–H and O–H groups in total. The summed E-state index contributed by atoms with van der Waals surface area (Å²) in [6.45, 7) is 6.96. The lowest BCUT2D eigenvalue weighted by atomic mass is 10.1. The summed E-state index contributed by atoms with van der Waals surface area (Å²) in [6, 6.07) is 8.81. The highest BCUT2D eigenvalue weighted by molar-refractivity contribution is 7.94. The molecule has 2 heterocycles. The van der Waals surface area contributed by atoms with Crippen LogP contribution in [0.25, 0.3) is 12.2 Å². The van der Waals surface area contributed by atoms with Gasteiger partial charge in [0.15, 0.2) is 5.76 Å². The summed E-state index contributed by atoms with van der Waals surface area (Å²) in [7, 11) is -3.69. The van der Waals surface area contributed by atoms with Crippen molar-refractivity contribution in [2.75, 3.05) is 10.0 Å². The first-order valence-corrected chi connectivity index (χ1v) is 11.1. The van der Waals surface area contributed by atoms with Crippen molar-refractivity contribution in [2.45, 2.75) is 31.9 Å². The summed E-state index contributed by atoms with van der Waals surface area (Å²) in [4.78, 5) is 12.0. The molecule has 0 aliphatic carbocycles. The highest BCUT2D eigenvalue weighted by Crippen LogP contribution is 2.28. The molecule has 0 radical (unpaired) electrons. The first-order valence-electron chi connectivity index (χ1n) is 8.77. The zero-order valence-corrected chi connectivity index (χ0v) is 18.1. The van der Waals surface area contributed by atoms with Crippen molar-refractivity contribution in [1.82, 2.24) is 5.16 Å². The van der Waals surface area contributed by atoms with Crippen molar-refractivity contribution in [3.05, 3.63) is 57.8 Å². The lowest BCUT2D eigenvalue weighted by molar-refractivity contribution is -0.114. The number of rotatable bonds is 6. The zero-order chi connectivity index (χ0) is 21.2. The Labute approximate surface area is 173 Å². The van der Waals surface area contributed by atoms with Crippen LogP contribution in [0.2, 0.25) is 0 Å². The Morgan fingerprint density at radius 2 is 1.79 bits per heavy atom. The topological polar surface area (TPSA) is 101 Å². The van der Waals surface area contributed by atoms with Crippen LogP contribution in [-0.2, 0) is 14.8 Å². The van der Waals surface area contributed by atoms with Crippen molar-refractivity contribution in [1.29, 1.82) is 0 Å². The van der Waals surface area contributed by atoms with E-state index in [9.17, 15) is 13.2 Å². The number of nitrogens with zero attached hydrogens (tertiary/aromatic N) is 1. The number of hydrogen-bond donors (Lipinski definition) is 2. The van der Waals surface area contributed by atoms with Gasteiger partial charge < -0.3 is 9.84 Å². The molecule has 0 fully saturated rings. The van der Waals surface area contributed by atoms with Crippen LogP contribution in [0.3, 0.4) is 0 Å². The van der Waals surface area contributed by atoms with Crippen molar-refractivity contribution in [3.8, 4) is 0 Å². The van der Waals surface area contributed by atoms with Gasteiger partial charge in [-0.2, -0.15) is 0 Å². The summed E-state index contributed by atoms with van der Waals surface area (Å²) in [5, 5.41) is 6.52. The minimum absolute atomic E-state index is 0.201. The lowest BCUT2D eigenvalue weighted by Crippen LogP contribution is -2.11. The number of aryl methyl sites for hydroxylation is 3. The fourth-order valence-corrected chi connectivity index (χ4v) is 5.06. The molecule has 0 saturated carbocycles. The van der Waals surface area contributed by atoms with Crippen LogP contribution in [0.4, 0.5) is 11.4 Å². The van der Waals surface area contributed by atoms with Crippen LogP contribution in [0.15, 0.2) is 39.1 Å². The molecule has 0 aliphatic rings. The molecular formula is C20H21N3O4S2. The number of carbonyl (C=O) groups is 1. The molecule has 1 amide bonds. The predicted molar refractivity (Wildman–Crippen MR) is 116 cm³/mol. The Hall–Kier alpha value is -2.91. The monoisotopic (exact) mass is 431 g/mol. The molecule has 3 rings (SSSR count). The average molecular weight is 432 g/mol. The quantitative estimate of drug-likeness (QED) is 0.594. The second-order valence-electron chi connectivity index (χ2n) is 6.66. The zero-order valence-electron chi connectivity index (χ0n) is 16.4. The Balaban J connectivity index is 1.80. The van der Waals surface area contributed by atoms with Crippen molar-refractivity contribution >= 4 is 50.8 Å². The van der Waals surface area contributed by atoms with E-state index in [0.29, 0.717) is 27.7 Å². The van der Waals surface area contributed by atoms with E-state index in [0.717, 1.165) is 22.5 Å². The number of hydrogen-bond acceptors (Lipinski definition) is 6. The number of thiophene rings is 1. The van der Waals surface area contributed by atoms with Gasteiger partial charge in [0.2, 0.25) is 5.91 Å². The number of benzene rings is 1. The molecule has 1 aromatic carbocycles. The van der Waals surface area contributed by atoms with Crippen LogP contribution in [0.1, 0.15) is 34.4 Å². The smallest absolute Gasteiger partial charge is 0.271 e. The second-order valence-corrected chi connectivity index (χ2v) is 9.69. The predicted octanol–water partition coefficient (Wildman–Crippen LogP) is 4.59. The van der Waals surface area contributed by atoms with Crippen LogP contribution in [-0.4, -0.2) is 19.5 Å².